The van der Waals surface area contributed by atoms with E-state index in [0.717, 1.165) is 50.9 Å². The van der Waals surface area contributed by atoms with Crippen LogP contribution < -0.4 is 10.6 Å². The molecule has 1 atom stereocenters. The first-order valence-corrected chi connectivity index (χ1v) is 10.1. The second kappa shape index (κ2) is 10.9. The van der Waals surface area contributed by atoms with Crippen LogP contribution in [-0.2, 0) is 4.79 Å². The Morgan fingerprint density at radius 3 is 2.89 bits per heavy atom. The van der Waals surface area contributed by atoms with Crippen molar-refractivity contribution < 1.29 is 9.18 Å². The van der Waals surface area contributed by atoms with E-state index in [9.17, 15) is 9.18 Å². The molecule has 1 saturated heterocycles. The van der Waals surface area contributed by atoms with Gasteiger partial charge in [-0.2, -0.15) is 0 Å². The second-order valence-electron chi connectivity index (χ2n) is 7.18. The number of amides is 1. The molecule has 1 fully saturated rings. The predicted molar refractivity (Wildman–Crippen MR) is 108 cm³/mol. The number of guanidine groups is 1. The molecular weight excluding hydrogens is 343 g/mol. The summed E-state index contributed by atoms with van der Waals surface area (Å²) in [5, 5.41) is 6.56. The first-order valence-electron chi connectivity index (χ1n) is 10.1. The molecule has 1 unspecified atom stereocenters. The molecule has 0 bridgehead atoms. The van der Waals surface area contributed by atoms with Crippen LogP contribution in [0.3, 0.4) is 0 Å². The Hall–Kier alpha value is -2.11. The van der Waals surface area contributed by atoms with Gasteiger partial charge in [0.1, 0.15) is 5.82 Å². The Morgan fingerprint density at radius 1 is 1.33 bits per heavy atom. The molecular formula is C21H33FN4O. The smallest absolute Gasteiger partial charge is 0.222 e. The van der Waals surface area contributed by atoms with E-state index >= 15 is 0 Å². The Morgan fingerprint density at radius 2 is 2.15 bits per heavy atom. The lowest BCUT2D eigenvalue weighted by molar-refractivity contribution is -0.130. The van der Waals surface area contributed by atoms with E-state index in [0.29, 0.717) is 24.5 Å². The summed E-state index contributed by atoms with van der Waals surface area (Å²) in [6.07, 6.45) is 4.78. The summed E-state index contributed by atoms with van der Waals surface area (Å²) in [5.41, 5.74) is 1.54. The van der Waals surface area contributed by atoms with Crippen molar-refractivity contribution in [2.24, 2.45) is 4.99 Å². The molecule has 1 aliphatic heterocycles. The van der Waals surface area contributed by atoms with Gasteiger partial charge in [-0.1, -0.05) is 18.6 Å². The minimum atomic E-state index is -0.190. The molecule has 0 radical (unpaired) electrons. The van der Waals surface area contributed by atoms with E-state index in [1.807, 2.05) is 24.8 Å². The van der Waals surface area contributed by atoms with Crippen LogP contribution in [0.2, 0.25) is 0 Å². The van der Waals surface area contributed by atoms with Crippen molar-refractivity contribution in [2.45, 2.75) is 58.9 Å². The van der Waals surface area contributed by atoms with Crippen LogP contribution >= 0.6 is 0 Å². The number of carbonyl (C=O) groups excluding carboxylic acids is 1. The van der Waals surface area contributed by atoms with Gasteiger partial charge in [0.05, 0.1) is 6.04 Å². The highest BCUT2D eigenvalue weighted by Crippen LogP contribution is 2.16. The number of likely N-dealkylation sites (tertiary alicyclic amines) is 1. The highest BCUT2D eigenvalue weighted by Gasteiger charge is 2.15. The van der Waals surface area contributed by atoms with E-state index < -0.39 is 0 Å². The van der Waals surface area contributed by atoms with Crippen LogP contribution in [0.25, 0.3) is 0 Å². The van der Waals surface area contributed by atoms with Gasteiger partial charge >= 0.3 is 0 Å². The molecule has 1 aliphatic rings. The molecule has 0 spiro atoms. The van der Waals surface area contributed by atoms with Crippen LogP contribution in [-0.4, -0.2) is 42.9 Å². The molecule has 1 aromatic rings. The summed E-state index contributed by atoms with van der Waals surface area (Å²) in [6, 6.07) is 5.25. The van der Waals surface area contributed by atoms with Crippen LogP contribution in [0.1, 0.15) is 63.1 Å². The van der Waals surface area contributed by atoms with Gasteiger partial charge < -0.3 is 15.5 Å². The van der Waals surface area contributed by atoms with Crippen molar-refractivity contribution >= 4 is 11.9 Å². The lowest BCUT2D eigenvalue weighted by Gasteiger charge is -2.20. The van der Waals surface area contributed by atoms with E-state index in [-0.39, 0.29) is 17.8 Å². The molecule has 2 N–H and O–H groups in total. The van der Waals surface area contributed by atoms with E-state index in [2.05, 4.69) is 15.6 Å². The van der Waals surface area contributed by atoms with Gasteiger partial charge in [-0.15, -0.1) is 0 Å². The lowest BCUT2D eigenvalue weighted by Crippen LogP contribution is -2.39. The number of hydrogen-bond acceptors (Lipinski definition) is 2. The summed E-state index contributed by atoms with van der Waals surface area (Å²) in [5.74, 6) is 0.801. The van der Waals surface area contributed by atoms with Gasteiger partial charge in [-0.25, -0.2) is 4.39 Å². The maximum atomic E-state index is 13.8. The fourth-order valence-electron chi connectivity index (χ4n) is 3.21. The molecule has 0 aromatic heterocycles. The quantitative estimate of drug-likeness (QED) is 0.435. The summed E-state index contributed by atoms with van der Waals surface area (Å²) in [6.45, 7) is 8.81. The normalized spacial score (nSPS) is 16.8. The standard InChI is InChI=1S/C21H33FN4O/c1-4-23-21(25-17(3)18-11-10-16(2)19(22)15-18)24-12-8-14-26-13-7-5-6-9-20(26)27/h10-11,15,17H,4-9,12-14H2,1-3H3,(H2,23,24,25). The summed E-state index contributed by atoms with van der Waals surface area (Å²) >= 11 is 0. The van der Waals surface area contributed by atoms with Crippen LogP contribution in [0, 0.1) is 12.7 Å². The van der Waals surface area contributed by atoms with Crippen molar-refractivity contribution in [3.05, 3.63) is 35.1 Å². The number of nitrogens with one attached hydrogen (secondary N) is 2. The highest BCUT2D eigenvalue weighted by molar-refractivity contribution is 5.80. The predicted octanol–water partition coefficient (Wildman–Crippen LogP) is 3.54. The Kier molecular flexibility index (Phi) is 8.55. The van der Waals surface area contributed by atoms with Crippen molar-refractivity contribution in [1.29, 1.82) is 0 Å². The minimum Gasteiger partial charge on any atom is -0.357 e. The number of nitrogens with zero attached hydrogens (tertiary/aromatic N) is 2. The van der Waals surface area contributed by atoms with Gasteiger partial charge in [0.15, 0.2) is 5.96 Å². The molecule has 150 valence electrons. The minimum absolute atomic E-state index is 0.0508. The zero-order valence-corrected chi connectivity index (χ0v) is 16.9. The number of halogens is 1. The largest absolute Gasteiger partial charge is 0.357 e. The number of hydrogen-bond donors (Lipinski definition) is 2. The first kappa shape index (κ1) is 21.2. The Labute approximate surface area is 162 Å². The average molecular weight is 377 g/mol. The van der Waals surface area contributed by atoms with Crippen LogP contribution in [0.15, 0.2) is 23.2 Å². The SMILES string of the molecule is CCNC(=NCCCN1CCCCCC1=O)NC(C)c1ccc(C)c(F)c1. The summed E-state index contributed by atoms with van der Waals surface area (Å²) in [4.78, 5) is 18.6. The van der Waals surface area contributed by atoms with Crippen molar-refractivity contribution in [2.75, 3.05) is 26.2 Å². The van der Waals surface area contributed by atoms with Gasteiger partial charge in [0.2, 0.25) is 5.91 Å². The van der Waals surface area contributed by atoms with Crippen molar-refractivity contribution in [3.63, 3.8) is 0 Å². The van der Waals surface area contributed by atoms with Crippen molar-refractivity contribution in [1.82, 2.24) is 15.5 Å². The first-order chi connectivity index (χ1) is 13.0. The summed E-state index contributed by atoms with van der Waals surface area (Å²) < 4.78 is 13.8. The number of rotatable bonds is 7. The number of aliphatic imine (C=N–C) groups is 1. The molecule has 1 heterocycles. The van der Waals surface area contributed by atoms with E-state index in [1.54, 1.807) is 19.1 Å². The molecule has 1 amide bonds. The average Bonchev–Trinajstić information content (AvgIpc) is 2.85. The molecule has 27 heavy (non-hydrogen) atoms. The van der Waals surface area contributed by atoms with Gasteiger partial charge in [0.25, 0.3) is 0 Å². The third-order valence-corrected chi connectivity index (χ3v) is 4.92. The zero-order chi connectivity index (χ0) is 19.6. The monoisotopic (exact) mass is 376 g/mol. The number of aryl methyl sites for hydroxylation is 1. The fourth-order valence-corrected chi connectivity index (χ4v) is 3.21. The Bertz CT molecular complexity index is 647. The molecule has 2 rings (SSSR count). The lowest BCUT2D eigenvalue weighted by atomic mass is 10.1. The maximum Gasteiger partial charge on any atom is 0.222 e. The third kappa shape index (κ3) is 6.85. The number of benzene rings is 1. The van der Waals surface area contributed by atoms with Gasteiger partial charge in [-0.05, 0) is 57.2 Å². The summed E-state index contributed by atoms with van der Waals surface area (Å²) in [7, 11) is 0. The Balaban J connectivity index is 1.87. The fraction of sp³-hybridized carbons (Fsp3) is 0.619. The van der Waals surface area contributed by atoms with E-state index in [1.165, 1.54) is 0 Å². The van der Waals surface area contributed by atoms with Crippen molar-refractivity contribution in [3.8, 4) is 0 Å². The second-order valence-corrected chi connectivity index (χ2v) is 7.18. The van der Waals surface area contributed by atoms with Crippen LogP contribution in [0.5, 0.6) is 0 Å². The molecule has 0 aliphatic carbocycles. The number of carbonyl (C=O) groups is 1. The highest BCUT2D eigenvalue weighted by atomic mass is 19.1. The van der Waals surface area contributed by atoms with Gasteiger partial charge in [0, 0.05) is 32.6 Å². The van der Waals surface area contributed by atoms with Crippen LogP contribution in [0.4, 0.5) is 4.39 Å². The third-order valence-electron chi connectivity index (χ3n) is 4.92. The maximum absolute atomic E-state index is 13.8. The van der Waals surface area contributed by atoms with Gasteiger partial charge in [-0.3, -0.25) is 9.79 Å². The molecule has 0 saturated carbocycles. The molecule has 6 heteroatoms. The topological polar surface area (TPSA) is 56.7 Å². The zero-order valence-electron chi connectivity index (χ0n) is 16.9. The van der Waals surface area contributed by atoms with E-state index in [4.69, 9.17) is 0 Å². The molecule has 5 nitrogen and oxygen atoms in total. The molecule has 1 aromatic carbocycles.